The average Bonchev–Trinajstić information content (AvgIpc) is 3.51. The van der Waals surface area contributed by atoms with Gasteiger partial charge in [-0.1, -0.05) is 45.0 Å². The predicted molar refractivity (Wildman–Crippen MR) is 138 cm³/mol. The molecule has 4 rings (SSSR count). The van der Waals surface area contributed by atoms with Crippen LogP contribution in [0.4, 0.5) is 11.6 Å². The number of imidazole rings is 2. The summed E-state index contributed by atoms with van der Waals surface area (Å²) in [5.74, 6) is 0.982. The van der Waals surface area contributed by atoms with E-state index in [4.69, 9.17) is 28.1 Å². The standard InChI is InChI=1S/C27H23N11/c1-26(2,3)11-17-24(37-15-33-18(12-28)19(37)13-29)36-21(14-32-17)27(4,5)20-9-8-10-22(35-20)38-16-34-23(30-6)25(38)31-7/h8-10,14-16H,11H2,1-5H3. The Morgan fingerprint density at radius 2 is 1.63 bits per heavy atom. The van der Waals surface area contributed by atoms with Crippen LogP contribution < -0.4 is 0 Å². The Balaban J connectivity index is 1.87. The minimum absolute atomic E-state index is 0.0155. The molecule has 0 aliphatic rings. The monoisotopic (exact) mass is 501 g/mol. The number of nitriles is 2. The molecule has 0 spiro atoms. The topological polar surface area (TPSA) is 131 Å². The van der Waals surface area contributed by atoms with E-state index in [1.165, 1.54) is 21.8 Å². The molecule has 4 aromatic heterocycles. The number of hydrogen-bond acceptors (Lipinski definition) is 7. The van der Waals surface area contributed by atoms with E-state index in [0.717, 1.165) is 0 Å². The first-order valence-corrected chi connectivity index (χ1v) is 11.6. The van der Waals surface area contributed by atoms with E-state index < -0.39 is 5.41 Å². The highest BCUT2D eigenvalue weighted by atomic mass is 15.2. The number of nitrogens with zero attached hydrogens (tertiary/aromatic N) is 11. The van der Waals surface area contributed by atoms with Gasteiger partial charge in [0.05, 0.1) is 22.5 Å². The summed E-state index contributed by atoms with van der Waals surface area (Å²) >= 11 is 0. The van der Waals surface area contributed by atoms with Crippen molar-refractivity contribution in [1.82, 2.24) is 34.1 Å². The van der Waals surface area contributed by atoms with E-state index in [9.17, 15) is 10.5 Å². The molecule has 4 aromatic rings. The van der Waals surface area contributed by atoms with Crippen molar-refractivity contribution in [1.29, 1.82) is 10.5 Å². The first-order valence-electron chi connectivity index (χ1n) is 11.6. The molecule has 0 aromatic carbocycles. The second-order valence-corrected chi connectivity index (χ2v) is 10.3. The maximum Gasteiger partial charge on any atom is 0.293 e. The summed E-state index contributed by atoms with van der Waals surface area (Å²) in [7, 11) is 0. The number of hydrogen-bond donors (Lipinski definition) is 0. The Morgan fingerprint density at radius 1 is 0.895 bits per heavy atom. The molecule has 0 N–H and O–H groups in total. The molecule has 0 amide bonds. The van der Waals surface area contributed by atoms with Crippen molar-refractivity contribution < 1.29 is 0 Å². The summed E-state index contributed by atoms with van der Waals surface area (Å²) in [6, 6.07) is 9.42. The third kappa shape index (κ3) is 4.57. The normalized spacial score (nSPS) is 11.3. The smallest absolute Gasteiger partial charge is 0.293 e. The minimum Gasteiger partial charge on any atom is -0.373 e. The third-order valence-electron chi connectivity index (χ3n) is 5.93. The molecule has 186 valence electrons. The minimum atomic E-state index is -0.745. The van der Waals surface area contributed by atoms with E-state index in [-0.39, 0.29) is 28.4 Å². The molecule has 0 radical (unpaired) electrons. The molecule has 38 heavy (non-hydrogen) atoms. The van der Waals surface area contributed by atoms with Gasteiger partial charge in [-0.3, -0.25) is 9.55 Å². The first-order chi connectivity index (χ1) is 18.0. The Kier molecular flexibility index (Phi) is 6.48. The number of rotatable bonds is 5. The van der Waals surface area contributed by atoms with Crippen molar-refractivity contribution in [3.8, 4) is 23.8 Å². The quantitative estimate of drug-likeness (QED) is 0.352. The highest BCUT2D eigenvalue weighted by Crippen LogP contribution is 2.33. The molecule has 0 aliphatic heterocycles. The van der Waals surface area contributed by atoms with E-state index in [0.29, 0.717) is 35.1 Å². The predicted octanol–water partition coefficient (Wildman–Crippen LogP) is 5.00. The van der Waals surface area contributed by atoms with Crippen LogP contribution in [0.2, 0.25) is 0 Å². The molecule has 0 atom stereocenters. The lowest BCUT2D eigenvalue weighted by Gasteiger charge is -2.26. The highest BCUT2D eigenvalue weighted by molar-refractivity contribution is 5.64. The lowest BCUT2D eigenvalue weighted by Crippen LogP contribution is -2.25. The number of aromatic nitrogens is 7. The van der Waals surface area contributed by atoms with Crippen LogP contribution in [-0.2, 0) is 11.8 Å². The van der Waals surface area contributed by atoms with Crippen LogP contribution in [0.3, 0.4) is 0 Å². The Bertz CT molecular complexity index is 1700. The van der Waals surface area contributed by atoms with Gasteiger partial charge in [-0.05, 0) is 31.7 Å². The Morgan fingerprint density at radius 3 is 2.26 bits per heavy atom. The summed E-state index contributed by atoms with van der Waals surface area (Å²) in [4.78, 5) is 29.3. The van der Waals surface area contributed by atoms with Gasteiger partial charge in [0.25, 0.3) is 18.0 Å². The molecular formula is C27H23N11. The second-order valence-electron chi connectivity index (χ2n) is 10.3. The van der Waals surface area contributed by atoms with Crippen molar-refractivity contribution in [2.45, 2.75) is 46.5 Å². The molecule has 0 bridgehead atoms. The molecule has 4 heterocycles. The first kappa shape index (κ1) is 25.7. The van der Waals surface area contributed by atoms with Crippen LogP contribution in [0.1, 0.15) is 63.1 Å². The van der Waals surface area contributed by atoms with Gasteiger partial charge in [0.1, 0.15) is 18.5 Å². The molecule has 11 heteroatoms. The van der Waals surface area contributed by atoms with E-state index in [1.807, 2.05) is 32.0 Å². The molecule has 11 nitrogen and oxygen atoms in total. The summed E-state index contributed by atoms with van der Waals surface area (Å²) < 4.78 is 2.99. The van der Waals surface area contributed by atoms with Crippen LogP contribution in [0.5, 0.6) is 0 Å². The van der Waals surface area contributed by atoms with Gasteiger partial charge >= 0.3 is 0 Å². The molecule has 0 aliphatic carbocycles. The van der Waals surface area contributed by atoms with Gasteiger partial charge in [0.2, 0.25) is 5.82 Å². The van der Waals surface area contributed by atoms with Gasteiger partial charge in [-0.15, -0.1) is 0 Å². The Labute approximate surface area is 220 Å². The summed E-state index contributed by atoms with van der Waals surface area (Å²) in [5, 5.41) is 19.2. The van der Waals surface area contributed by atoms with E-state index in [1.54, 1.807) is 12.3 Å². The zero-order chi connectivity index (χ0) is 27.7. The zero-order valence-electron chi connectivity index (χ0n) is 21.6. The van der Waals surface area contributed by atoms with Crippen LogP contribution in [0, 0.1) is 41.2 Å². The third-order valence-corrected chi connectivity index (χ3v) is 5.93. The van der Waals surface area contributed by atoms with Crippen LogP contribution in [0.15, 0.2) is 37.1 Å². The molecule has 0 saturated heterocycles. The molecule has 0 unspecified atom stereocenters. The van der Waals surface area contributed by atoms with Gasteiger partial charge < -0.3 is 9.69 Å². The fourth-order valence-corrected chi connectivity index (χ4v) is 3.94. The average molecular weight is 502 g/mol. The molecule has 0 saturated carbocycles. The maximum absolute atomic E-state index is 9.75. The SMILES string of the molecule is [C-]#[N+]c1ncn(-c2cccc(C(C)(C)c3cnc(CC(C)(C)C)c(-n4cnc(C#N)c4C#N)n3)n2)c1[N+]#[C-]. The zero-order valence-corrected chi connectivity index (χ0v) is 21.6. The second kappa shape index (κ2) is 9.58. The summed E-state index contributed by atoms with van der Waals surface area (Å²) in [6.07, 6.45) is 5.11. The van der Waals surface area contributed by atoms with E-state index >= 15 is 0 Å². The largest absolute Gasteiger partial charge is 0.373 e. The lowest BCUT2D eigenvalue weighted by atomic mass is 9.85. The van der Waals surface area contributed by atoms with Crippen molar-refractivity contribution in [2.24, 2.45) is 5.41 Å². The van der Waals surface area contributed by atoms with Gasteiger partial charge in [0, 0.05) is 12.3 Å². The molecule has 0 fully saturated rings. The van der Waals surface area contributed by atoms with Gasteiger partial charge in [-0.2, -0.15) is 10.5 Å². The molecular weight excluding hydrogens is 478 g/mol. The maximum atomic E-state index is 9.75. The fourth-order valence-electron chi connectivity index (χ4n) is 3.94. The van der Waals surface area contributed by atoms with Crippen LogP contribution in [0.25, 0.3) is 21.3 Å². The summed E-state index contributed by atoms with van der Waals surface area (Å²) in [6.45, 7) is 24.9. The van der Waals surface area contributed by atoms with Crippen molar-refractivity contribution in [3.63, 3.8) is 0 Å². The summed E-state index contributed by atoms with van der Waals surface area (Å²) in [5.41, 5.74) is 1.16. The van der Waals surface area contributed by atoms with Crippen molar-refractivity contribution >= 4 is 11.6 Å². The van der Waals surface area contributed by atoms with Crippen LogP contribution >= 0.6 is 0 Å². The number of pyridine rings is 1. The van der Waals surface area contributed by atoms with Gasteiger partial charge in [0.15, 0.2) is 17.2 Å². The lowest BCUT2D eigenvalue weighted by molar-refractivity contribution is 0.404. The fraction of sp³-hybridized carbons (Fsp3) is 0.296. The van der Waals surface area contributed by atoms with Gasteiger partial charge in [-0.25, -0.2) is 19.5 Å². The Hall–Kier alpha value is -5.39. The van der Waals surface area contributed by atoms with Crippen molar-refractivity contribution in [3.05, 3.63) is 88.4 Å². The van der Waals surface area contributed by atoms with E-state index in [2.05, 4.69) is 46.5 Å². The van der Waals surface area contributed by atoms with Crippen molar-refractivity contribution in [2.75, 3.05) is 0 Å². The highest BCUT2D eigenvalue weighted by Gasteiger charge is 2.30. The van der Waals surface area contributed by atoms with Crippen LogP contribution in [-0.4, -0.2) is 34.1 Å².